The van der Waals surface area contributed by atoms with Gasteiger partial charge < -0.3 is 0 Å². The smallest absolute Gasteiger partial charge is 0.0875 e. The molecule has 1 aliphatic carbocycles. The Morgan fingerprint density at radius 1 is 1.33 bits per heavy atom. The van der Waals surface area contributed by atoms with E-state index < -0.39 is 0 Å². The molecule has 0 nitrogen and oxygen atoms in total. The summed E-state index contributed by atoms with van der Waals surface area (Å²) in [5.41, 5.74) is 0. The van der Waals surface area contributed by atoms with Crippen LogP contribution in [0.5, 0.6) is 0 Å². The Kier molecular flexibility index (Phi) is 4.19. The van der Waals surface area contributed by atoms with E-state index in [2.05, 4.69) is 70.6 Å². The Hall–Kier alpha value is 1.92. The third-order valence-corrected chi connectivity index (χ3v) is 8.55. The normalized spacial score (nSPS) is 38.2. The molecule has 1 saturated carbocycles. The molecule has 0 saturated heterocycles. The number of alkyl halides is 4. The Morgan fingerprint density at radius 3 is 2.25 bits per heavy atom. The molecule has 0 spiro atoms. The van der Waals surface area contributed by atoms with Gasteiger partial charge in [0.15, 0.2) is 0 Å². The summed E-state index contributed by atoms with van der Waals surface area (Å²) in [6, 6.07) is 0. The average molecular weight is 428 g/mol. The van der Waals surface area contributed by atoms with Crippen LogP contribution >= 0.6 is 63.7 Å². The fraction of sp³-hybridized carbons (Fsp3) is 1.00. The fourth-order valence-electron chi connectivity index (χ4n) is 1.59. The van der Waals surface area contributed by atoms with Crippen molar-refractivity contribution in [3.05, 3.63) is 0 Å². The molecule has 12 heavy (non-hydrogen) atoms. The van der Waals surface area contributed by atoms with Crippen molar-refractivity contribution in [1.29, 1.82) is 0 Å². The highest BCUT2D eigenvalue weighted by Gasteiger charge is 2.48. The van der Waals surface area contributed by atoms with E-state index in [9.17, 15) is 0 Å². The predicted molar refractivity (Wildman–Crippen MR) is 69.1 cm³/mol. The Bertz CT molecular complexity index is 163. The van der Waals surface area contributed by atoms with E-state index in [1.54, 1.807) is 0 Å². The van der Waals surface area contributed by atoms with Crippen LogP contribution in [-0.2, 0) is 0 Å². The maximum absolute atomic E-state index is 3.84. The van der Waals surface area contributed by atoms with Crippen LogP contribution in [-0.4, -0.2) is 12.4 Å². The number of hydrogen-bond donors (Lipinski definition) is 0. The SMILES string of the molecule is CC(Br)(Br)C1(Br)CCCCC1Br. The summed E-state index contributed by atoms with van der Waals surface area (Å²) in [5.74, 6) is 0. The minimum atomic E-state index is -0.0262. The maximum atomic E-state index is 3.84. The second-order valence-corrected chi connectivity index (χ2v) is 10.2. The zero-order valence-corrected chi connectivity index (χ0v) is 13.3. The molecule has 0 heterocycles. The van der Waals surface area contributed by atoms with E-state index in [0.717, 1.165) is 0 Å². The molecule has 1 fully saturated rings. The molecule has 0 radical (unpaired) electrons. The van der Waals surface area contributed by atoms with Crippen molar-refractivity contribution in [2.24, 2.45) is 0 Å². The highest BCUT2D eigenvalue weighted by atomic mass is 79.9. The maximum Gasteiger partial charge on any atom is 0.0940 e. The van der Waals surface area contributed by atoms with Crippen molar-refractivity contribution in [2.45, 2.75) is 45.0 Å². The standard InChI is InChI=1S/C8H12Br4/c1-7(10,11)8(12)5-3-2-4-6(8)9/h6H,2-5H2,1H3. The van der Waals surface area contributed by atoms with Crippen molar-refractivity contribution < 1.29 is 0 Å². The lowest BCUT2D eigenvalue weighted by molar-refractivity contribution is 0.412. The molecule has 1 rings (SSSR count). The summed E-state index contributed by atoms with van der Waals surface area (Å²) in [7, 11) is 0. The summed E-state index contributed by atoms with van der Waals surface area (Å²) >= 11 is 14.9. The summed E-state index contributed by atoms with van der Waals surface area (Å²) in [4.78, 5) is 0.544. The first kappa shape index (κ1) is 12.0. The zero-order valence-electron chi connectivity index (χ0n) is 6.92. The van der Waals surface area contributed by atoms with Gasteiger partial charge in [0.1, 0.15) is 0 Å². The van der Waals surface area contributed by atoms with Gasteiger partial charge in [-0.1, -0.05) is 76.6 Å². The fourth-order valence-corrected chi connectivity index (χ4v) is 4.67. The van der Waals surface area contributed by atoms with Gasteiger partial charge in [-0.2, -0.15) is 0 Å². The van der Waals surface area contributed by atoms with E-state index in [1.807, 2.05) is 0 Å². The van der Waals surface area contributed by atoms with Crippen molar-refractivity contribution in [1.82, 2.24) is 0 Å². The van der Waals surface area contributed by atoms with Crippen LogP contribution in [0, 0.1) is 0 Å². The first-order valence-corrected chi connectivity index (χ1v) is 7.38. The molecule has 0 bridgehead atoms. The Balaban J connectivity index is 2.79. The molecule has 0 amide bonds. The van der Waals surface area contributed by atoms with E-state index in [4.69, 9.17) is 0 Å². The minimum absolute atomic E-state index is 0.0262. The first-order valence-electron chi connectivity index (χ1n) is 4.09. The predicted octanol–water partition coefficient (Wildman–Crippen LogP) is 4.96. The van der Waals surface area contributed by atoms with Crippen LogP contribution in [0.2, 0.25) is 0 Å². The molecule has 2 atom stereocenters. The van der Waals surface area contributed by atoms with Crippen LogP contribution < -0.4 is 0 Å². The monoisotopic (exact) mass is 424 g/mol. The van der Waals surface area contributed by atoms with Crippen LogP contribution in [0.25, 0.3) is 0 Å². The molecule has 1 aliphatic rings. The van der Waals surface area contributed by atoms with Gasteiger partial charge in [0.25, 0.3) is 0 Å². The second-order valence-electron chi connectivity index (χ2n) is 3.46. The molecular weight excluding hydrogens is 416 g/mol. The Labute approximate surface area is 108 Å². The van der Waals surface area contributed by atoms with Crippen LogP contribution in [0.15, 0.2) is 0 Å². The molecule has 0 aromatic carbocycles. The largest absolute Gasteiger partial charge is 0.0940 e. The minimum Gasteiger partial charge on any atom is -0.0875 e. The zero-order chi connectivity index (χ0) is 9.41. The van der Waals surface area contributed by atoms with Crippen LogP contribution in [0.3, 0.4) is 0 Å². The second kappa shape index (κ2) is 4.19. The summed E-state index contributed by atoms with van der Waals surface area (Å²) in [6.07, 6.45) is 5.09. The van der Waals surface area contributed by atoms with Gasteiger partial charge in [-0.3, -0.25) is 0 Å². The van der Waals surface area contributed by atoms with Gasteiger partial charge in [-0.25, -0.2) is 0 Å². The quantitative estimate of drug-likeness (QED) is 0.519. The molecule has 72 valence electrons. The number of hydrogen-bond acceptors (Lipinski definition) is 0. The lowest BCUT2D eigenvalue weighted by Crippen LogP contribution is -2.47. The Morgan fingerprint density at radius 2 is 1.92 bits per heavy atom. The van der Waals surface area contributed by atoms with Crippen molar-refractivity contribution in [3.63, 3.8) is 0 Å². The van der Waals surface area contributed by atoms with Crippen molar-refractivity contribution in [3.8, 4) is 0 Å². The van der Waals surface area contributed by atoms with Crippen molar-refractivity contribution >= 4 is 63.7 Å². The molecule has 2 unspecified atom stereocenters. The van der Waals surface area contributed by atoms with Crippen molar-refractivity contribution in [2.75, 3.05) is 0 Å². The highest BCUT2D eigenvalue weighted by molar-refractivity contribution is 9.26. The van der Waals surface area contributed by atoms with E-state index in [1.165, 1.54) is 25.7 Å². The summed E-state index contributed by atoms with van der Waals surface area (Å²) in [6.45, 7) is 2.15. The third kappa shape index (κ3) is 2.29. The van der Waals surface area contributed by atoms with Gasteiger partial charge in [-0.05, 0) is 19.8 Å². The molecule has 0 aliphatic heterocycles. The lowest BCUT2D eigenvalue weighted by Gasteiger charge is -2.43. The third-order valence-electron chi connectivity index (χ3n) is 2.47. The molecular formula is C8H12Br4. The molecule has 0 aromatic heterocycles. The molecule has 0 N–H and O–H groups in total. The summed E-state index contributed by atoms with van der Waals surface area (Å²) < 4.78 is 0.111. The highest BCUT2D eigenvalue weighted by Crippen LogP contribution is 2.53. The lowest BCUT2D eigenvalue weighted by atomic mass is 9.87. The molecule has 4 heteroatoms. The first-order chi connectivity index (χ1) is 5.38. The van der Waals surface area contributed by atoms with Crippen LogP contribution in [0.4, 0.5) is 0 Å². The average Bonchev–Trinajstić information content (AvgIpc) is 1.93. The summed E-state index contributed by atoms with van der Waals surface area (Å²) in [5, 5.41) is 0. The van der Waals surface area contributed by atoms with Gasteiger partial charge in [0, 0.05) is 4.83 Å². The number of rotatable bonds is 1. The number of halogens is 4. The molecule has 0 aromatic rings. The van der Waals surface area contributed by atoms with Gasteiger partial charge in [0.05, 0.1) is 7.56 Å². The van der Waals surface area contributed by atoms with E-state index in [0.29, 0.717) is 4.83 Å². The van der Waals surface area contributed by atoms with E-state index >= 15 is 0 Å². The van der Waals surface area contributed by atoms with Gasteiger partial charge in [0.2, 0.25) is 0 Å². The topological polar surface area (TPSA) is 0 Å². The van der Waals surface area contributed by atoms with Crippen LogP contribution in [0.1, 0.15) is 32.6 Å². The van der Waals surface area contributed by atoms with Gasteiger partial charge >= 0.3 is 0 Å². The van der Waals surface area contributed by atoms with E-state index in [-0.39, 0.29) is 7.56 Å². The van der Waals surface area contributed by atoms with Gasteiger partial charge in [-0.15, -0.1) is 0 Å².